The lowest BCUT2D eigenvalue weighted by Crippen LogP contribution is -2.47. The SMILES string of the molecule is CNc1cc2c(c(N)nc(=O)n2CCN(CCn2c(=O)nc(N)c3c(=O)[nH]c(NC)nc32)[C@@H](Cc2cnc[nH]2)C(=O)O)c(=O)[nH]1. The Morgan fingerprint density at radius 3 is 2.22 bits per heavy atom. The molecule has 236 valence electrons. The summed E-state index contributed by atoms with van der Waals surface area (Å²) in [6, 6.07) is 0.354. The van der Waals surface area contributed by atoms with Crippen LogP contribution in [0.15, 0.2) is 37.8 Å². The number of nitrogens with two attached hydrogens (primary N) is 2. The quantitative estimate of drug-likeness (QED) is 0.0716. The normalized spacial score (nSPS) is 12.2. The molecule has 0 unspecified atom stereocenters. The van der Waals surface area contributed by atoms with Crippen molar-refractivity contribution in [1.29, 1.82) is 0 Å². The topological polar surface area (TPSA) is 294 Å². The molecule has 0 amide bonds. The zero-order chi connectivity index (χ0) is 32.4. The van der Waals surface area contributed by atoms with Gasteiger partial charge in [0.25, 0.3) is 11.1 Å². The summed E-state index contributed by atoms with van der Waals surface area (Å²) in [5, 5.41) is 15.7. The molecule has 0 saturated heterocycles. The Morgan fingerprint density at radius 1 is 0.956 bits per heavy atom. The van der Waals surface area contributed by atoms with Crippen LogP contribution in [-0.2, 0) is 24.3 Å². The van der Waals surface area contributed by atoms with Crippen molar-refractivity contribution in [2.45, 2.75) is 25.6 Å². The summed E-state index contributed by atoms with van der Waals surface area (Å²) in [7, 11) is 3.11. The molecule has 0 aliphatic rings. The van der Waals surface area contributed by atoms with Gasteiger partial charge in [-0.05, 0) is 0 Å². The predicted octanol–water partition coefficient (Wildman–Crippen LogP) is -2.45. The molecule has 1 atom stereocenters. The fourth-order valence-corrected chi connectivity index (χ4v) is 5.05. The lowest BCUT2D eigenvalue weighted by atomic mass is 10.1. The Bertz CT molecular complexity index is 2010. The molecule has 0 spiro atoms. The maximum atomic E-state index is 13.0. The summed E-state index contributed by atoms with van der Waals surface area (Å²) in [6.45, 7) is -0.404. The number of aliphatic carboxylic acids is 1. The number of nitrogens with one attached hydrogen (secondary N) is 5. The van der Waals surface area contributed by atoms with Crippen LogP contribution in [0.5, 0.6) is 0 Å². The average Bonchev–Trinajstić information content (AvgIpc) is 3.51. The molecule has 0 fully saturated rings. The van der Waals surface area contributed by atoms with Gasteiger partial charge in [-0.25, -0.2) is 14.6 Å². The molecule has 0 aliphatic carbocycles. The number of hydrogen-bond donors (Lipinski definition) is 8. The van der Waals surface area contributed by atoms with E-state index in [1.165, 1.54) is 35.1 Å². The fraction of sp³-hybridized carbons (Fsp3) is 0.320. The molecule has 0 saturated carbocycles. The van der Waals surface area contributed by atoms with Crippen LogP contribution in [0.25, 0.3) is 21.9 Å². The van der Waals surface area contributed by atoms with E-state index >= 15 is 0 Å². The van der Waals surface area contributed by atoms with E-state index in [4.69, 9.17) is 11.5 Å². The first-order chi connectivity index (χ1) is 21.5. The largest absolute Gasteiger partial charge is 0.480 e. The highest BCUT2D eigenvalue weighted by atomic mass is 16.4. The number of aromatic nitrogens is 9. The van der Waals surface area contributed by atoms with E-state index in [2.05, 4.69) is 45.5 Å². The summed E-state index contributed by atoms with van der Waals surface area (Å²) in [4.78, 5) is 89.4. The van der Waals surface area contributed by atoms with Crippen LogP contribution in [0.4, 0.5) is 23.4 Å². The summed E-state index contributed by atoms with van der Waals surface area (Å²) in [5.41, 5.74) is 9.70. The van der Waals surface area contributed by atoms with Gasteiger partial charge in [-0.2, -0.15) is 15.0 Å². The van der Waals surface area contributed by atoms with Crippen molar-refractivity contribution in [3.63, 3.8) is 0 Å². The molecule has 45 heavy (non-hydrogen) atoms. The van der Waals surface area contributed by atoms with E-state index in [1.807, 2.05) is 0 Å². The Kier molecular flexibility index (Phi) is 8.30. The molecular formula is C25H30N14O6. The third-order valence-electron chi connectivity index (χ3n) is 7.29. The standard InChI is InChI=1S/C25H30N14O6/c1-28-14-8-12-15(20(40)32-14)17(26)33-24(44)38(12)5-3-37(13(22(42)43)7-11-9-30-10-31-11)4-6-39-19-16(18(27)34-25(39)45)21(41)36-23(29-2)35-19/h8-10,13H,3-7H2,1-2H3,(H,30,31)(H,42,43)(H2,26,33,44)(H2,27,34,45)(H2,28,32,40)(H2,29,35,36,41)/t13-/m0/s1. The highest BCUT2D eigenvalue weighted by Gasteiger charge is 2.28. The monoisotopic (exact) mass is 622 g/mol. The molecule has 5 aromatic rings. The number of carboxylic acids is 1. The Balaban J connectivity index is 1.56. The van der Waals surface area contributed by atoms with E-state index in [9.17, 15) is 29.1 Å². The van der Waals surface area contributed by atoms with Gasteiger partial charge in [0.15, 0.2) is 5.65 Å². The minimum Gasteiger partial charge on any atom is -0.480 e. The summed E-state index contributed by atoms with van der Waals surface area (Å²) < 4.78 is 2.34. The third-order valence-corrected chi connectivity index (χ3v) is 7.29. The molecule has 5 aromatic heterocycles. The van der Waals surface area contributed by atoms with Crippen molar-refractivity contribution in [3.8, 4) is 0 Å². The minimum atomic E-state index is -1.19. The van der Waals surface area contributed by atoms with Gasteiger partial charge in [0, 0.05) is 64.7 Å². The molecule has 0 radical (unpaired) electrons. The van der Waals surface area contributed by atoms with Gasteiger partial charge in [0.2, 0.25) is 5.95 Å². The predicted molar refractivity (Wildman–Crippen MR) is 164 cm³/mol. The lowest BCUT2D eigenvalue weighted by molar-refractivity contribution is -0.143. The fourth-order valence-electron chi connectivity index (χ4n) is 5.05. The first-order valence-electron chi connectivity index (χ1n) is 13.6. The van der Waals surface area contributed by atoms with E-state index in [1.54, 1.807) is 7.05 Å². The van der Waals surface area contributed by atoms with E-state index in [0.717, 1.165) is 4.57 Å². The summed E-state index contributed by atoms with van der Waals surface area (Å²) in [5.74, 6) is -1.36. The van der Waals surface area contributed by atoms with Crippen LogP contribution >= 0.6 is 0 Å². The number of pyridine rings is 1. The molecule has 0 bridgehead atoms. The number of imidazole rings is 1. The van der Waals surface area contributed by atoms with Gasteiger partial charge in [0.05, 0.1) is 11.8 Å². The van der Waals surface area contributed by atoms with Crippen LogP contribution < -0.4 is 44.6 Å². The molecule has 0 aromatic carbocycles. The molecule has 5 rings (SSSR count). The van der Waals surface area contributed by atoms with E-state index in [0.29, 0.717) is 11.5 Å². The van der Waals surface area contributed by atoms with Gasteiger partial charge in [0.1, 0.15) is 34.3 Å². The highest BCUT2D eigenvalue weighted by Crippen LogP contribution is 2.17. The van der Waals surface area contributed by atoms with Crippen molar-refractivity contribution in [2.75, 3.05) is 49.3 Å². The van der Waals surface area contributed by atoms with Gasteiger partial charge in [-0.1, -0.05) is 0 Å². The first kappa shape index (κ1) is 30.4. The third kappa shape index (κ3) is 5.93. The number of hydrogen-bond acceptors (Lipinski definition) is 14. The van der Waals surface area contributed by atoms with Crippen molar-refractivity contribution in [3.05, 3.63) is 66.0 Å². The number of anilines is 4. The number of carboxylic acid groups (broad SMARTS) is 1. The van der Waals surface area contributed by atoms with Crippen molar-refractivity contribution < 1.29 is 9.90 Å². The van der Waals surface area contributed by atoms with Crippen LogP contribution in [0.1, 0.15) is 5.69 Å². The number of fused-ring (bicyclic) bond motifs is 2. The first-order valence-corrected chi connectivity index (χ1v) is 13.6. The molecule has 5 heterocycles. The Morgan fingerprint density at radius 2 is 1.60 bits per heavy atom. The molecular weight excluding hydrogens is 592 g/mol. The number of carbonyl (C=O) groups is 1. The van der Waals surface area contributed by atoms with Gasteiger partial charge >= 0.3 is 17.3 Å². The second-order valence-corrected chi connectivity index (χ2v) is 9.92. The zero-order valence-corrected chi connectivity index (χ0v) is 24.1. The van der Waals surface area contributed by atoms with Crippen LogP contribution in [-0.4, -0.2) is 93.2 Å². The zero-order valence-electron chi connectivity index (χ0n) is 24.1. The number of aromatic amines is 3. The number of H-pyrrole nitrogens is 3. The van der Waals surface area contributed by atoms with Crippen molar-refractivity contribution in [2.24, 2.45) is 0 Å². The van der Waals surface area contributed by atoms with Crippen molar-refractivity contribution in [1.82, 2.24) is 48.9 Å². The van der Waals surface area contributed by atoms with E-state index in [-0.39, 0.29) is 72.1 Å². The Hall–Kier alpha value is -6.05. The summed E-state index contributed by atoms with van der Waals surface area (Å²) in [6.07, 6.45) is 2.89. The van der Waals surface area contributed by atoms with Crippen LogP contribution in [0.3, 0.4) is 0 Å². The lowest BCUT2D eigenvalue weighted by Gasteiger charge is -2.29. The van der Waals surface area contributed by atoms with Gasteiger partial charge in [-0.15, -0.1) is 0 Å². The molecule has 20 nitrogen and oxygen atoms in total. The number of nitrogen functional groups attached to an aromatic ring is 2. The second kappa shape index (κ2) is 12.3. The van der Waals surface area contributed by atoms with Gasteiger partial charge < -0.3 is 37.2 Å². The molecule has 10 N–H and O–H groups in total. The number of rotatable bonds is 12. The second-order valence-electron chi connectivity index (χ2n) is 9.92. The summed E-state index contributed by atoms with van der Waals surface area (Å²) >= 11 is 0. The van der Waals surface area contributed by atoms with Crippen LogP contribution in [0, 0.1) is 0 Å². The highest BCUT2D eigenvalue weighted by molar-refractivity contribution is 5.89. The minimum absolute atomic E-state index is 0.00463. The average molecular weight is 623 g/mol. The number of nitrogens with zero attached hydrogens (tertiary/aromatic N) is 7. The molecule has 0 aliphatic heterocycles. The van der Waals surface area contributed by atoms with Crippen LogP contribution in [0.2, 0.25) is 0 Å². The Labute approximate surface area is 251 Å². The maximum Gasteiger partial charge on any atom is 0.351 e. The van der Waals surface area contributed by atoms with E-state index < -0.39 is 34.5 Å². The maximum absolute atomic E-state index is 13.0. The smallest absolute Gasteiger partial charge is 0.351 e. The molecule has 20 heteroatoms. The van der Waals surface area contributed by atoms with Gasteiger partial charge in [-0.3, -0.25) is 33.4 Å². The van der Waals surface area contributed by atoms with Crippen molar-refractivity contribution >= 4 is 51.3 Å².